The number of rotatable bonds is 5. The lowest BCUT2D eigenvalue weighted by molar-refractivity contribution is -0.153. The highest BCUT2D eigenvalue weighted by Crippen LogP contribution is 2.47. The summed E-state index contributed by atoms with van der Waals surface area (Å²) in [5, 5.41) is 9.67. The van der Waals surface area contributed by atoms with Crippen LogP contribution in [0, 0.1) is 17.3 Å². The highest BCUT2D eigenvalue weighted by molar-refractivity contribution is 5.74. The van der Waals surface area contributed by atoms with Crippen LogP contribution in [-0.4, -0.2) is 11.1 Å². The Kier molecular flexibility index (Phi) is 4.69. The highest BCUT2D eigenvalue weighted by Gasteiger charge is 2.43. The van der Waals surface area contributed by atoms with Crippen LogP contribution in [0.2, 0.25) is 0 Å². The van der Waals surface area contributed by atoms with E-state index < -0.39 is 5.97 Å². The van der Waals surface area contributed by atoms with Crippen LogP contribution in [-0.2, 0) is 4.79 Å². The third-order valence-corrected chi connectivity index (χ3v) is 5.37. The van der Waals surface area contributed by atoms with E-state index in [1.54, 1.807) is 0 Å². The lowest BCUT2D eigenvalue weighted by atomic mass is 9.65. The second kappa shape index (κ2) is 6.08. The van der Waals surface area contributed by atoms with Gasteiger partial charge < -0.3 is 5.11 Å². The molecule has 0 aliphatic heterocycles. The van der Waals surface area contributed by atoms with E-state index in [1.807, 2.05) is 0 Å². The van der Waals surface area contributed by atoms with E-state index in [1.165, 1.54) is 38.5 Å². The van der Waals surface area contributed by atoms with Crippen molar-refractivity contribution in [1.29, 1.82) is 0 Å². The van der Waals surface area contributed by atoms with Crippen LogP contribution >= 0.6 is 0 Å². The number of carboxylic acids is 1. The molecule has 0 spiro atoms. The predicted molar refractivity (Wildman–Crippen MR) is 73.5 cm³/mol. The fourth-order valence-electron chi connectivity index (χ4n) is 4.20. The van der Waals surface area contributed by atoms with Crippen LogP contribution in [0.15, 0.2) is 0 Å². The van der Waals surface area contributed by atoms with Gasteiger partial charge in [0, 0.05) is 0 Å². The Labute approximate surface area is 111 Å². The number of carbonyl (C=O) groups is 1. The second-order valence-corrected chi connectivity index (χ2v) is 6.67. The van der Waals surface area contributed by atoms with Crippen molar-refractivity contribution in [1.82, 2.24) is 0 Å². The molecular formula is C16H28O2. The van der Waals surface area contributed by atoms with Crippen LogP contribution in [0.3, 0.4) is 0 Å². The Morgan fingerprint density at radius 3 is 2.22 bits per heavy atom. The molecule has 2 nitrogen and oxygen atoms in total. The maximum atomic E-state index is 11.7. The van der Waals surface area contributed by atoms with Crippen LogP contribution < -0.4 is 0 Å². The molecule has 0 aromatic heterocycles. The van der Waals surface area contributed by atoms with Gasteiger partial charge in [-0.25, -0.2) is 0 Å². The summed E-state index contributed by atoms with van der Waals surface area (Å²) in [6, 6.07) is 0. The third-order valence-electron chi connectivity index (χ3n) is 5.37. The first-order valence-electron chi connectivity index (χ1n) is 7.89. The summed E-state index contributed by atoms with van der Waals surface area (Å²) in [6.45, 7) is 2.23. The standard InChI is InChI=1S/C16H28O2/c1-2-5-13-8-10-16(11-9-13,15(17)18)12-14-6-3-4-7-14/h13-14H,2-12H2,1H3,(H,17,18). The summed E-state index contributed by atoms with van der Waals surface area (Å²) >= 11 is 0. The summed E-state index contributed by atoms with van der Waals surface area (Å²) in [5.74, 6) is 0.985. The molecule has 2 fully saturated rings. The maximum absolute atomic E-state index is 11.7. The zero-order valence-electron chi connectivity index (χ0n) is 11.8. The zero-order valence-corrected chi connectivity index (χ0v) is 11.8. The van der Waals surface area contributed by atoms with E-state index in [4.69, 9.17) is 0 Å². The monoisotopic (exact) mass is 252 g/mol. The molecular weight excluding hydrogens is 224 g/mol. The molecule has 0 unspecified atom stereocenters. The number of aliphatic carboxylic acids is 1. The smallest absolute Gasteiger partial charge is 0.309 e. The van der Waals surface area contributed by atoms with Gasteiger partial charge in [0.1, 0.15) is 0 Å². The Morgan fingerprint density at radius 2 is 1.72 bits per heavy atom. The fourth-order valence-corrected chi connectivity index (χ4v) is 4.20. The SMILES string of the molecule is CCCC1CCC(CC2CCCC2)(C(=O)O)CC1. The molecule has 0 heterocycles. The average molecular weight is 252 g/mol. The second-order valence-electron chi connectivity index (χ2n) is 6.67. The fraction of sp³-hybridized carbons (Fsp3) is 0.938. The molecule has 0 saturated heterocycles. The summed E-state index contributed by atoms with van der Waals surface area (Å²) < 4.78 is 0. The Hall–Kier alpha value is -0.530. The Bertz CT molecular complexity index is 271. The Balaban J connectivity index is 1.94. The van der Waals surface area contributed by atoms with Crippen molar-refractivity contribution in [2.75, 3.05) is 0 Å². The largest absolute Gasteiger partial charge is 0.481 e. The first-order valence-corrected chi connectivity index (χ1v) is 7.89. The average Bonchev–Trinajstić information content (AvgIpc) is 2.84. The van der Waals surface area contributed by atoms with Gasteiger partial charge in [-0.1, -0.05) is 45.4 Å². The molecule has 0 aromatic rings. The molecule has 0 amide bonds. The molecule has 2 aliphatic rings. The third kappa shape index (κ3) is 3.07. The van der Waals surface area contributed by atoms with Crippen molar-refractivity contribution in [2.24, 2.45) is 17.3 Å². The van der Waals surface area contributed by atoms with Crippen molar-refractivity contribution in [3.05, 3.63) is 0 Å². The molecule has 104 valence electrons. The van der Waals surface area contributed by atoms with Crippen LogP contribution in [0.4, 0.5) is 0 Å². The molecule has 2 heteroatoms. The van der Waals surface area contributed by atoms with E-state index >= 15 is 0 Å². The van der Waals surface area contributed by atoms with Gasteiger partial charge in [-0.05, 0) is 43.9 Å². The van der Waals surface area contributed by atoms with Gasteiger partial charge in [0.15, 0.2) is 0 Å². The van der Waals surface area contributed by atoms with Crippen molar-refractivity contribution < 1.29 is 9.90 Å². The molecule has 0 bridgehead atoms. The molecule has 0 radical (unpaired) electrons. The minimum Gasteiger partial charge on any atom is -0.481 e. The van der Waals surface area contributed by atoms with Crippen LogP contribution in [0.1, 0.15) is 77.6 Å². The van der Waals surface area contributed by atoms with E-state index in [2.05, 4.69) is 6.92 Å². The number of hydrogen-bond donors (Lipinski definition) is 1. The minimum atomic E-state index is -0.510. The Morgan fingerprint density at radius 1 is 1.11 bits per heavy atom. The van der Waals surface area contributed by atoms with E-state index in [0.29, 0.717) is 5.92 Å². The van der Waals surface area contributed by atoms with Crippen molar-refractivity contribution >= 4 is 5.97 Å². The molecule has 0 atom stereocenters. The van der Waals surface area contributed by atoms with Crippen molar-refractivity contribution in [3.8, 4) is 0 Å². The van der Waals surface area contributed by atoms with Crippen molar-refractivity contribution in [3.63, 3.8) is 0 Å². The highest BCUT2D eigenvalue weighted by atomic mass is 16.4. The van der Waals surface area contributed by atoms with E-state index in [0.717, 1.165) is 38.0 Å². The molecule has 0 aromatic carbocycles. The first kappa shape index (κ1) is 13.9. The quantitative estimate of drug-likeness (QED) is 0.774. The van der Waals surface area contributed by atoms with Gasteiger partial charge in [0.2, 0.25) is 0 Å². The number of carboxylic acid groups (broad SMARTS) is 1. The normalized spacial score (nSPS) is 33.7. The van der Waals surface area contributed by atoms with Crippen molar-refractivity contribution in [2.45, 2.75) is 77.6 Å². The van der Waals surface area contributed by atoms with Gasteiger partial charge in [-0.3, -0.25) is 4.79 Å². The topological polar surface area (TPSA) is 37.3 Å². The molecule has 18 heavy (non-hydrogen) atoms. The summed E-state index contributed by atoms with van der Waals surface area (Å²) in [4.78, 5) is 11.7. The minimum absolute atomic E-state index is 0.362. The molecule has 2 aliphatic carbocycles. The summed E-state index contributed by atoms with van der Waals surface area (Å²) in [6.07, 6.45) is 12.8. The van der Waals surface area contributed by atoms with E-state index in [9.17, 15) is 9.90 Å². The van der Waals surface area contributed by atoms with Gasteiger partial charge in [-0.2, -0.15) is 0 Å². The van der Waals surface area contributed by atoms with Gasteiger partial charge in [0.05, 0.1) is 5.41 Å². The van der Waals surface area contributed by atoms with Gasteiger partial charge in [0.25, 0.3) is 0 Å². The number of hydrogen-bond acceptors (Lipinski definition) is 1. The zero-order chi connectivity index (χ0) is 13.0. The van der Waals surface area contributed by atoms with Gasteiger partial charge >= 0.3 is 5.97 Å². The lowest BCUT2D eigenvalue weighted by Crippen LogP contribution is -2.37. The maximum Gasteiger partial charge on any atom is 0.309 e. The summed E-state index contributed by atoms with van der Waals surface area (Å²) in [7, 11) is 0. The summed E-state index contributed by atoms with van der Waals surface area (Å²) in [5.41, 5.74) is -0.362. The van der Waals surface area contributed by atoms with Crippen LogP contribution in [0.25, 0.3) is 0 Å². The van der Waals surface area contributed by atoms with Gasteiger partial charge in [-0.15, -0.1) is 0 Å². The van der Waals surface area contributed by atoms with E-state index in [-0.39, 0.29) is 5.41 Å². The molecule has 2 rings (SSSR count). The predicted octanol–water partition coefficient (Wildman–Crippen LogP) is 4.63. The molecule has 2 saturated carbocycles. The lowest BCUT2D eigenvalue weighted by Gasteiger charge is -2.38. The molecule has 1 N–H and O–H groups in total. The first-order chi connectivity index (χ1) is 8.66. The van der Waals surface area contributed by atoms with Crippen LogP contribution in [0.5, 0.6) is 0 Å².